The summed E-state index contributed by atoms with van der Waals surface area (Å²) in [5.74, 6) is -2.87. The Hall–Kier alpha value is -2.27. The van der Waals surface area contributed by atoms with E-state index in [-0.39, 0.29) is 34.7 Å². The molecule has 156 valence electrons. The fraction of sp³-hybridized carbons (Fsp3) is 0.353. The van der Waals surface area contributed by atoms with E-state index in [1.807, 2.05) is 0 Å². The van der Waals surface area contributed by atoms with Gasteiger partial charge in [-0.05, 0) is 19.1 Å². The van der Waals surface area contributed by atoms with Crippen molar-refractivity contribution in [3.63, 3.8) is 0 Å². The minimum Gasteiger partial charge on any atom is -0.468 e. The second kappa shape index (κ2) is 7.86. The van der Waals surface area contributed by atoms with Crippen molar-refractivity contribution in [2.45, 2.75) is 23.2 Å². The number of halogens is 5. The molecule has 1 atom stereocenters. The number of thioether (sulfide) groups is 1. The highest BCUT2D eigenvalue weighted by Gasteiger charge is 2.47. The Morgan fingerprint density at radius 3 is 2.69 bits per heavy atom. The zero-order valence-corrected chi connectivity index (χ0v) is 16.7. The number of hydrogen-bond donors (Lipinski definition) is 0. The number of fused-ring (bicyclic) bond motifs is 1. The number of rotatable bonds is 4. The van der Waals surface area contributed by atoms with Crippen molar-refractivity contribution in [2.75, 3.05) is 25.1 Å². The first-order valence-electron chi connectivity index (χ1n) is 8.23. The van der Waals surface area contributed by atoms with Crippen LogP contribution in [0.15, 0.2) is 33.8 Å². The Morgan fingerprint density at radius 1 is 1.38 bits per heavy atom. The molecule has 0 saturated carbocycles. The van der Waals surface area contributed by atoms with Gasteiger partial charge in [-0.2, -0.15) is 13.2 Å². The summed E-state index contributed by atoms with van der Waals surface area (Å²) in [6.45, 7) is 1.46. The van der Waals surface area contributed by atoms with Crippen molar-refractivity contribution >= 4 is 46.9 Å². The number of carbonyl (C=O) groups excluding carboxylic acids is 2. The average molecular weight is 452 g/mol. The number of nitrogens with zero attached hydrogens (tertiary/aromatic N) is 3. The average Bonchev–Trinajstić information content (AvgIpc) is 3.11. The van der Waals surface area contributed by atoms with Crippen molar-refractivity contribution < 1.29 is 31.9 Å². The molecule has 29 heavy (non-hydrogen) atoms. The lowest BCUT2D eigenvalue weighted by atomic mass is 10.2. The minimum atomic E-state index is -4.76. The molecule has 0 aliphatic carbocycles. The van der Waals surface area contributed by atoms with Crippen LogP contribution in [0.4, 0.5) is 23.2 Å². The van der Waals surface area contributed by atoms with Gasteiger partial charge in [0.25, 0.3) is 5.91 Å². The lowest BCUT2D eigenvalue weighted by Crippen LogP contribution is -2.51. The first-order valence-corrected chi connectivity index (χ1v) is 9.49. The molecule has 2 heterocycles. The summed E-state index contributed by atoms with van der Waals surface area (Å²) in [6, 6.07) is 2.13. The minimum absolute atomic E-state index is 0.0166. The van der Waals surface area contributed by atoms with E-state index in [4.69, 9.17) is 11.6 Å². The summed E-state index contributed by atoms with van der Waals surface area (Å²) >= 11 is 7.01. The van der Waals surface area contributed by atoms with Crippen molar-refractivity contribution in [2.24, 2.45) is 4.99 Å². The molecule has 0 aromatic heterocycles. The Morgan fingerprint density at radius 2 is 2.07 bits per heavy atom. The SMILES string of the molecule is COC(=O)C(C)Sc1cc(N2C(=O)C=C(C(F)(F)F)N3CCN=C32)c(F)cc1Cl. The van der Waals surface area contributed by atoms with E-state index in [0.717, 1.165) is 27.6 Å². The highest BCUT2D eigenvalue weighted by Crippen LogP contribution is 2.39. The molecule has 0 N–H and O–H groups in total. The van der Waals surface area contributed by atoms with Gasteiger partial charge in [0, 0.05) is 17.5 Å². The highest BCUT2D eigenvalue weighted by molar-refractivity contribution is 8.00. The van der Waals surface area contributed by atoms with Gasteiger partial charge in [-0.25, -0.2) is 9.29 Å². The van der Waals surface area contributed by atoms with Crippen LogP contribution in [0.5, 0.6) is 0 Å². The molecule has 0 fully saturated rings. The van der Waals surface area contributed by atoms with E-state index < -0.39 is 34.8 Å². The number of aliphatic imine (C=N–C) groups is 1. The number of ether oxygens (including phenoxy) is 1. The van der Waals surface area contributed by atoms with Crippen LogP contribution in [-0.4, -0.2) is 54.4 Å². The maximum absolute atomic E-state index is 14.6. The third-order valence-corrected chi connectivity index (χ3v) is 5.72. The summed E-state index contributed by atoms with van der Waals surface area (Å²) < 4.78 is 59.0. The van der Waals surface area contributed by atoms with Crippen LogP contribution in [0, 0.1) is 5.82 Å². The summed E-state index contributed by atoms with van der Waals surface area (Å²) in [7, 11) is 1.21. The van der Waals surface area contributed by atoms with Crippen LogP contribution < -0.4 is 4.90 Å². The predicted molar refractivity (Wildman–Crippen MR) is 99.4 cm³/mol. The van der Waals surface area contributed by atoms with Crippen molar-refractivity contribution in [3.05, 3.63) is 34.7 Å². The lowest BCUT2D eigenvalue weighted by molar-refractivity contribution is -0.139. The molecule has 3 rings (SSSR count). The molecular formula is C17H14ClF4N3O3S. The van der Waals surface area contributed by atoms with Crippen molar-refractivity contribution in [1.82, 2.24) is 4.90 Å². The van der Waals surface area contributed by atoms with E-state index in [9.17, 15) is 27.2 Å². The van der Waals surface area contributed by atoms with Gasteiger partial charge in [-0.1, -0.05) is 11.6 Å². The first-order chi connectivity index (χ1) is 13.5. The summed E-state index contributed by atoms with van der Waals surface area (Å²) in [4.78, 5) is 29.9. The number of benzene rings is 1. The molecule has 0 bridgehead atoms. The molecule has 12 heteroatoms. The number of hydrogen-bond acceptors (Lipinski definition) is 6. The number of allylic oxidation sites excluding steroid dienone is 1. The normalized spacial score (nSPS) is 17.7. The fourth-order valence-corrected chi connectivity index (χ4v) is 4.07. The third kappa shape index (κ3) is 4.06. The van der Waals surface area contributed by atoms with Crippen molar-refractivity contribution in [1.29, 1.82) is 0 Å². The Labute approximate surface area is 172 Å². The van der Waals surface area contributed by atoms with Crippen LogP contribution in [0.3, 0.4) is 0 Å². The Balaban J connectivity index is 2.04. The lowest BCUT2D eigenvalue weighted by Gasteiger charge is -2.35. The first kappa shape index (κ1) is 21.4. The number of guanidine groups is 1. The largest absolute Gasteiger partial charge is 0.468 e. The third-order valence-electron chi connectivity index (χ3n) is 4.16. The number of amides is 1. The number of esters is 1. The molecular weight excluding hydrogens is 438 g/mol. The fourth-order valence-electron chi connectivity index (χ4n) is 2.86. The highest BCUT2D eigenvalue weighted by atomic mass is 35.5. The van der Waals surface area contributed by atoms with Crippen LogP contribution in [-0.2, 0) is 14.3 Å². The maximum Gasteiger partial charge on any atom is 0.431 e. The molecule has 1 aromatic carbocycles. The van der Waals surface area contributed by atoms with Crippen LogP contribution in [0.1, 0.15) is 6.92 Å². The number of anilines is 1. The topological polar surface area (TPSA) is 62.2 Å². The summed E-state index contributed by atoms with van der Waals surface area (Å²) in [6.07, 6.45) is -4.36. The monoisotopic (exact) mass is 451 g/mol. The molecule has 2 aliphatic heterocycles. The van der Waals surface area contributed by atoms with Gasteiger partial charge in [0.05, 0.1) is 24.4 Å². The van der Waals surface area contributed by atoms with E-state index >= 15 is 0 Å². The zero-order chi connectivity index (χ0) is 21.5. The molecule has 0 saturated heterocycles. The number of alkyl halides is 3. The van der Waals surface area contributed by atoms with Gasteiger partial charge in [0.2, 0.25) is 5.96 Å². The Bertz CT molecular complexity index is 935. The van der Waals surface area contributed by atoms with Gasteiger partial charge in [0.1, 0.15) is 16.8 Å². The standard InChI is InChI=1S/C17H14ClF4N3O3S/c1-8(15(27)28-2)29-12-6-11(10(19)5-9(12)18)25-14(26)7-13(17(20,21)22)24-4-3-23-16(24)25/h5-8H,3-4H2,1-2H3. The molecule has 6 nitrogen and oxygen atoms in total. The Kier molecular flexibility index (Phi) is 5.81. The van der Waals surface area contributed by atoms with Gasteiger partial charge >= 0.3 is 12.1 Å². The van der Waals surface area contributed by atoms with E-state index in [1.165, 1.54) is 13.2 Å². The molecule has 0 radical (unpaired) electrons. The predicted octanol–water partition coefficient (Wildman–Crippen LogP) is 3.60. The summed E-state index contributed by atoms with van der Waals surface area (Å²) in [5.41, 5.74) is -1.47. The van der Waals surface area contributed by atoms with Crippen LogP contribution in [0.25, 0.3) is 0 Å². The molecule has 1 aromatic rings. The molecule has 2 aliphatic rings. The van der Waals surface area contributed by atoms with E-state index in [0.29, 0.717) is 6.08 Å². The zero-order valence-electron chi connectivity index (χ0n) is 15.1. The second-order valence-electron chi connectivity index (χ2n) is 6.05. The van der Waals surface area contributed by atoms with Crippen LogP contribution in [0.2, 0.25) is 5.02 Å². The van der Waals surface area contributed by atoms with E-state index in [2.05, 4.69) is 9.73 Å². The van der Waals surface area contributed by atoms with Crippen molar-refractivity contribution in [3.8, 4) is 0 Å². The second-order valence-corrected chi connectivity index (χ2v) is 7.84. The van der Waals surface area contributed by atoms with Gasteiger partial charge < -0.3 is 9.64 Å². The number of methoxy groups -OCH3 is 1. The molecule has 1 amide bonds. The smallest absolute Gasteiger partial charge is 0.431 e. The van der Waals surface area contributed by atoms with E-state index in [1.54, 1.807) is 6.92 Å². The van der Waals surface area contributed by atoms with Crippen LogP contribution >= 0.6 is 23.4 Å². The molecule has 1 unspecified atom stereocenters. The van der Waals surface area contributed by atoms with Gasteiger partial charge in [0.15, 0.2) is 0 Å². The quantitative estimate of drug-likeness (QED) is 0.398. The van der Waals surface area contributed by atoms with Gasteiger partial charge in [-0.15, -0.1) is 11.8 Å². The number of carbonyl (C=O) groups is 2. The summed E-state index contributed by atoms with van der Waals surface area (Å²) in [5, 5.41) is -0.710. The maximum atomic E-state index is 14.6. The molecule has 0 spiro atoms. The van der Waals surface area contributed by atoms with Gasteiger partial charge in [-0.3, -0.25) is 14.6 Å².